The molecule has 0 unspecified atom stereocenters. The summed E-state index contributed by atoms with van der Waals surface area (Å²) in [5, 5.41) is 1.43. The van der Waals surface area contributed by atoms with Crippen molar-refractivity contribution < 1.29 is 32.1 Å². The van der Waals surface area contributed by atoms with Crippen LogP contribution in [0.5, 0.6) is 23.0 Å². The van der Waals surface area contributed by atoms with Crippen molar-refractivity contribution in [3.05, 3.63) is 131 Å². The largest absolute Gasteiger partial charge is 0.738 e. The van der Waals surface area contributed by atoms with Crippen LogP contribution in [-0.4, -0.2) is 50.1 Å². The van der Waals surface area contributed by atoms with E-state index >= 15 is 8.63 Å². The van der Waals surface area contributed by atoms with Gasteiger partial charge < -0.3 is 36.5 Å². The quantitative estimate of drug-likeness (QED) is 0.146. The lowest BCUT2D eigenvalue weighted by Gasteiger charge is -2.30. The summed E-state index contributed by atoms with van der Waals surface area (Å²) in [7, 11) is 6.44. The molecule has 4 aromatic carbocycles. The van der Waals surface area contributed by atoms with Crippen LogP contribution in [0.25, 0.3) is 54.0 Å². The molecule has 52 heavy (non-hydrogen) atoms. The van der Waals surface area contributed by atoms with Crippen molar-refractivity contribution in [2.45, 2.75) is 0 Å². The van der Waals surface area contributed by atoms with Gasteiger partial charge >= 0.3 is 6.97 Å². The zero-order chi connectivity index (χ0) is 35.7. The van der Waals surface area contributed by atoms with Gasteiger partial charge in [0.2, 0.25) is 0 Å². The minimum absolute atomic E-state index is 0.451. The van der Waals surface area contributed by atoms with E-state index < -0.39 is 6.97 Å². The Morgan fingerprint density at radius 2 is 1.06 bits per heavy atom. The van der Waals surface area contributed by atoms with E-state index in [1.165, 1.54) is 31.6 Å². The fourth-order valence-corrected chi connectivity index (χ4v) is 9.47. The number of halogens is 2. The zero-order valence-electron chi connectivity index (χ0n) is 28.6. The Hall–Kier alpha value is -5.65. The third kappa shape index (κ3) is 4.91. The van der Waals surface area contributed by atoms with E-state index in [2.05, 4.69) is 0 Å². The highest BCUT2D eigenvalue weighted by Gasteiger charge is 2.56. The summed E-state index contributed by atoms with van der Waals surface area (Å²) in [6.07, 6.45) is 1.91. The molecular formula is C41H31BF2N2O4S2. The van der Waals surface area contributed by atoms with Crippen LogP contribution >= 0.6 is 22.7 Å². The van der Waals surface area contributed by atoms with Crippen molar-refractivity contribution >= 4 is 57.9 Å². The molecule has 258 valence electrons. The van der Waals surface area contributed by atoms with Gasteiger partial charge in [0.25, 0.3) is 0 Å². The second-order valence-corrected chi connectivity index (χ2v) is 14.7. The molecule has 0 spiro atoms. The number of hydrogen-bond donors (Lipinski definition) is 0. The molecular weight excluding hydrogens is 697 g/mol. The highest BCUT2D eigenvalue weighted by molar-refractivity contribution is 7.19. The normalized spacial score (nSPS) is 14.2. The summed E-state index contributed by atoms with van der Waals surface area (Å²) >= 11 is 2.96. The molecule has 0 fully saturated rings. The Morgan fingerprint density at radius 3 is 1.67 bits per heavy atom. The first-order valence-electron chi connectivity index (χ1n) is 16.6. The van der Waals surface area contributed by atoms with Crippen LogP contribution in [0.4, 0.5) is 8.63 Å². The summed E-state index contributed by atoms with van der Waals surface area (Å²) in [4.78, 5) is 3.38. The Bertz CT molecular complexity index is 2600. The molecule has 2 aliphatic heterocycles. The molecule has 0 bridgehead atoms. The SMILES string of the molecule is COc1ccc(-c2ccc(C3=[N+]4C(=Cc5c6ccc(OC)cc6c(-c6ccc(-c7ccc(OC)cc7)s6)n5[B-]4(F)F)c4ccc(OC)cc43)s2)cc1. The Kier molecular flexibility index (Phi) is 7.60. The van der Waals surface area contributed by atoms with E-state index in [4.69, 9.17) is 18.9 Å². The molecule has 5 heterocycles. The summed E-state index contributed by atoms with van der Waals surface area (Å²) in [5.41, 5.74) is 5.20. The van der Waals surface area contributed by atoms with Crippen molar-refractivity contribution in [2.75, 3.05) is 28.4 Å². The van der Waals surface area contributed by atoms with Gasteiger partial charge in [0, 0.05) is 42.9 Å². The number of thiophene rings is 2. The number of fused-ring (bicyclic) bond motifs is 6. The average Bonchev–Trinajstić information content (AvgIpc) is 3.99. The number of nitrogens with zero attached hydrogens (tertiary/aromatic N) is 2. The van der Waals surface area contributed by atoms with Crippen molar-refractivity contribution in [2.24, 2.45) is 0 Å². The van der Waals surface area contributed by atoms with Crippen LogP contribution in [0.3, 0.4) is 0 Å². The summed E-state index contributed by atoms with van der Waals surface area (Å²) in [5.74, 6) is 2.70. The third-order valence-electron chi connectivity index (χ3n) is 9.84. The van der Waals surface area contributed by atoms with Crippen LogP contribution in [0.2, 0.25) is 0 Å². The monoisotopic (exact) mass is 728 g/mol. The van der Waals surface area contributed by atoms with Crippen molar-refractivity contribution in [1.82, 2.24) is 4.48 Å². The van der Waals surface area contributed by atoms with Gasteiger partial charge in [-0.3, -0.25) is 0 Å². The first-order valence-corrected chi connectivity index (χ1v) is 18.3. The molecule has 0 saturated heterocycles. The van der Waals surface area contributed by atoms with Crippen LogP contribution in [0.15, 0.2) is 109 Å². The number of aromatic nitrogens is 1. The van der Waals surface area contributed by atoms with Crippen molar-refractivity contribution in [3.63, 3.8) is 0 Å². The van der Waals surface area contributed by atoms with Gasteiger partial charge in [0.15, 0.2) is 11.4 Å². The molecule has 0 saturated carbocycles. The standard InChI is InChI=1S/C41H31BF2N2O4S2/c1-47-26-9-5-24(6-10-26)36-17-19-38(51-36)40-32-21-28(49-3)13-15-30(32)34-23-35-31-16-14-29(50-4)22-33(31)41(46(35)42(43,44)45(34)40)39-20-18-37(52-39)25-7-11-27(48-2)12-8-25/h5-23H,1-4H3. The highest BCUT2D eigenvalue weighted by Crippen LogP contribution is 2.49. The van der Waals surface area contributed by atoms with Gasteiger partial charge in [-0.15, -0.1) is 22.7 Å². The van der Waals surface area contributed by atoms with Gasteiger partial charge in [0.1, 0.15) is 23.0 Å². The first-order chi connectivity index (χ1) is 25.3. The number of methoxy groups -OCH3 is 4. The molecule has 0 radical (unpaired) electrons. The zero-order valence-corrected chi connectivity index (χ0v) is 30.3. The van der Waals surface area contributed by atoms with Crippen LogP contribution in [0.1, 0.15) is 21.7 Å². The van der Waals surface area contributed by atoms with Crippen molar-refractivity contribution in [3.8, 4) is 54.5 Å². The summed E-state index contributed by atoms with van der Waals surface area (Å²) < 4.78 is 60.5. The van der Waals surface area contributed by atoms with E-state index in [1.807, 2.05) is 115 Å². The van der Waals surface area contributed by atoms with Gasteiger partial charge in [0.05, 0.1) is 44.4 Å². The number of benzene rings is 4. The molecule has 2 aliphatic rings. The molecule has 0 aliphatic carbocycles. The van der Waals surface area contributed by atoms with E-state index in [0.29, 0.717) is 45.2 Å². The van der Waals surface area contributed by atoms with E-state index in [9.17, 15) is 0 Å². The predicted molar refractivity (Wildman–Crippen MR) is 208 cm³/mol. The van der Waals surface area contributed by atoms with E-state index in [1.54, 1.807) is 28.4 Å². The van der Waals surface area contributed by atoms with Crippen LogP contribution in [0, 0.1) is 0 Å². The van der Waals surface area contributed by atoms with E-state index in [-0.39, 0.29) is 0 Å². The molecule has 11 heteroatoms. The van der Waals surface area contributed by atoms with Crippen molar-refractivity contribution in [1.29, 1.82) is 0 Å². The predicted octanol–water partition coefficient (Wildman–Crippen LogP) is 10.4. The maximum atomic E-state index is 18.0. The smallest absolute Gasteiger partial charge is 0.497 e. The van der Waals surface area contributed by atoms with Gasteiger partial charge in [-0.25, -0.2) is 0 Å². The highest BCUT2D eigenvalue weighted by atomic mass is 32.1. The van der Waals surface area contributed by atoms with Gasteiger partial charge in [-0.05, 0) is 120 Å². The first kappa shape index (κ1) is 32.3. The minimum Gasteiger partial charge on any atom is -0.497 e. The van der Waals surface area contributed by atoms with Crippen LogP contribution in [-0.2, 0) is 0 Å². The Balaban J connectivity index is 1.28. The third-order valence-corrected chi connectivity index (χ3v) is 12.1. The van der Waals surface area contributed by atoms with Gasteiger partial charge in [-0.2, -0.15) is 0 Å². The fourth-order valence-electron chi connectivity index (χ4n) is 7.34. The lowest BCUT2D eigenvalue weighted by molar-refractivity contribution is -0.316. The Labute approximate surface area is 307 Å². The lowest BCUT2D eigenvalue weighted by atomic mass is 9.89. The topological polar surface area (TPSA) is 44.9 Å². The average molecular weight is 729 g/mol. The van der Waals surface area contributed by atoms with E-state index in [0.717, 1.165) is 53.1 Å². The molecule has 3 aromatic heterocycles. The lowest BCUT2D eigenvalue weighted by Crippen LogP contribution is -2.50. The second-order valence-electron chi connectivity index (χ2n) is 12.5. The second kappa shape index (κ2) is 12.2. The minimum atomic E-state index is -4.44. The number of ether oxygens (including phenoxy) is 4. The number of rotatable bonds is 8. The Morgan fingerprint density at radius 1 is 0.538 bits per heavy atom. The molecule has 7 aromatic rings. The molecule has 0 N–H and O–H groups in total. The fraction of sp³-hybridized carbons (Fsp3) is 0.0976. The maximum absolute atomic E-state index is 18.0. The molecule has 0 amide bonds. The molecule has 9 rings (SSSR count). The number of hydrogen-bond acceptors (Lipinski definition) is 6. The summed E-state index contributed by atoms with van der Waals surface area (Å²) in [6.45, 7) is -4.44. The molecule has 6 nitrogen and oxygen atoms in total. The van der Waals surface area contributed by atoms with Crippen LogP contribution < -0.4 is 18.9 Å². The maximum Gasteiger partial charge on any atom is 0.738 e. The molecule has 0 atom stereocenters. The van der Waals surface area contributed by atoms with Gasteiger partial charge in [-0.1, -0.05) is 0 Å². The summed E-state index contributed by atoms with van der Waals surface area (Å²) in [6, 6.07) is 34.5.